The van der Waals surface area contributed by atoms with E-state index in [2.05, 4.69) is 22.5 Å². The highest BCUT2D eigenvalue weighted by atomic mass is 16.4. The van der Waals surface area contributed by atoms with Gasteiger partial charge in [0.05, 0.1) is 19.3 Å². The van der Waals surface area contributed by atoms with Crippen LogP contribution in [0.4, 0.5) is 0 Å². The minimum absolute atomic E-state index is 0.00854. The molecule has 0 saturated carbocycles. The summed E-state index contributed by atoms with van der Waals surface area (Å²) in [6.45, 7) is 6.72. The molecule has 0 aliphatic carbocycles. The van der Waals surface area contributed by atoms with E-state index >= 15 is 0 Å². The summed E-state index contributed by atoms with van der Waals surface area (Å²) in [4.78, 5) is 15.5. The molecule has 17 heavy (non-hydrogen) atoms. The van der Waals surface area contributed by atoms with Crippen LogP contribution >= 0.6 is 0 Å². The Morgan fingerprint density at radius 2 is 2.35 bits per heavy atom. The average Bonchev–Trinajstić information content (AvgIpc) is 2.64. The maximum absolute atomic E-state index is 11.5. The predicted octanol–water partition coefficient (Wildman–Crippen LogP) is 1.38. The van der Waals surface area contributed by atoms with Crippen molar-refractivity contribution in [2.75, 3.05) is 6.54 Å². The number of rotatable bonds is 7. The predicted molar refractivity (Wildman–Crippen MR) is 65.5 cm³/mol. The van der Waals surface area contributed by atoms with E-state index in [1.54, 1.807) is 6.20 Å². The monoisotopic (exact) mass is 239 g/mol. The Kier molecular flexibility index (Phi) is 5.69. The Morgan fingerprint density at radius 3 is 2.94 bits per heavy atom. The van der Waals surface area contributed by atoms with E-state index in [0.717, 1.165) is 18.6 Å². The third kappa shape index (κ3) is 5.49. The van der Waals surface area contributed by atoms with Crippen molar-refractivity contribution in [1.29, 1.82) is 0 Å². The van der Waals surface area contributed by atoms with Crippen molar-refractivity contribution >= 4 is 5.91 Å². The van der Waals surface area contributed by atoms with E-state index < -0.39 is 0 Å². The molecule has 0 aromatic carbocycles. The van der Waals surface area contributed by atoms with Gasteiger partial charge in [0, 0.05) is 6.04 Å². The number of nitrogens with zero attached hydrogens (tertiary/aromatic N) is 1. The molecule has 1 atom stereocenters. The highest BCUT2D eigenvalue weighted by molar-refractivity contribution is 5.78. The zero-order valence-corrected chi connectivity index (χ0v) is 10.7. The van der Waals surface area contributed by atoms with E-state index in [1.165, 1.54) is 0 Å². The quantitative estimate of drug-likeness (QED) is 0.754. The highest BCUT2D eigenvalue weighted by Gasteiger charge is 2.06. The lowest BCUT2D eigenvalue weighted by molar-refractivity contribution is -0.120. The molecule has 5 heteroatoms. The topological polar surface area (TPSA) is 67.2 Å². The molecule has 0 spiro atoms. The Morgan fingerprint density at radius 1 is 1.59 bits per heavy atom. The lowest BCUT2D eigenvalue weighted by Gasteiger charge is -2.12. The normalized spacial score (nSPS) is 12.4. The zero-order valence-electron chi connectivity index (χ0n) is 10.7. The standard InChI is InChI=1S/C12H21N3O2/c1-4-5-9(2)15-11(16)7-13-8-12-14-6-10(3)17-12/h6,9,13H,4-5,7-8H2,1-3H3,(H,15,16). The summed E-state index contributed by atoms with van der Waals surface area (Å²) in [6.07, 6.45) is 3.75. The second kappa shape index (κ2) is 7.06. The molecule has 1 aromatic heterocycles. The van der Waals surface area contributed by atoms with Gasteiger partial charge in [0.25, 0.3) is 0 Å². The largest absolute Gasteiger partial charge is 0.445 e. The van der Waals surface area contributed by atoms with Gasteiger partial charge >= 0.3 is 0 Å². The van der Waals surface area contributed by atoms with Gasteiger partial charge in [-0.05, 0) is 20.3 Å². The summed E-state index contributed by atoms with van der Waals surface area (Å²) in [5.74, 6) is 1.40. The van der Waals surface area contributed by atoms with Crippen molar-refractivity contribution in [3.05, 3.63) is 17.8 Å². The molecule has 1 heterocycles. The number of carbonyl (C=O) groups is 1. The average molecular weight is 239 g/mol. The van der Waals surface area contributed by atoms with Crippen molar-refractivity contribution < 1.29 is 9.21 Å². The number of oxazole rings is 1. The SMILES string of the molecule is CCCC(C)NC(=O)CNCc1ncc(C)o1. The lowest BCUT2D eigenvalue weighted by atomic mass is 10.2. The van der Waals surface area contributed by atoms with Crippen LogP contribution in [0.5, 0.6) is 0 Å². The van der Waals surface area contributed by atoms with Crippen LogP contribution in [0.1, 0.15) is 38.3 Å². The molecule has 1 unspecified atom stereocenters. The van der Waals surface area contributed by atoms with Crippen LogP contribution in [0.15, 0.2) is 10.6 Å². The molecule has 0 aliphatic rings. The second-order valence-corrected chi connectivity index (χ2v) is 4.23. The lowest BCUT2D eigenvalue weighted by Crippen LogP contribution is -2.38. The minimum atomic E-state index is 0.00854. The van der Waals surface area contributed by atoms with E-state index in [0.29, 0.717) is 12.4 Å². The molecular weight excluding hydrogens is 218 g/mol. The Balaban J connectivity index is 2.16. The Labute approximate surface area is 102 Å². The summed E-state index contributed by atoms with van der Waals surface area (Å²) >= 11 is 0. The third-order valence-corrected chi connectivity index (χ3v) is 2.36. The summed E-state index contributed by atoms with van der Waals surface area (Å²) in [6, 6.07) is 0.235. The van der Waals surface area contributed by atoms with Crippen molar-refractivity contribution in [2.45, 2.75) is 46.2 Å². The van der Waals surface area contributed by atoms with Gasteiger partial charge in [-0.3, -0.25) is 10.1 Å². The maximum Gasteiger partial charge on any atom is 0.234 e. The molecule has 0 bridgehead atoms. The van der Waals surface area contributed by atoms with E-state index in [-0.39, 0.29) is 18.5 Å². The molecule has 1 amide bonds. The van der Waals surface area contributed by atoms with Crippen molar-refractivity contribution in [1.82, 2.24) is 15.6 Å². The number of nitrogens with one attached hydrogen (secondary N) is 2. The van der Waals surface area contributed by atoms with Crippen LogP contribution < -0.4 is 10.6 Å². The number of hydrogen-bond donors (Lipinski definition) is 2. The van der Waals surface area contributed by atoms with E-state index in [1.807, 2.05) is 13.8 Å². The van der Waals surface area contributed by atoms with Crippen molar-refractivity contribution in [2.24, 2.45) is 0 Å². The third-order valence-electron chi connectivity index (χ3n) is 2.36. The fraction of sp³-hybridized carbons (Fsp3) is 0.667. The zero-order chi connectivity index (χ0) is 12.7. The minimum Gasteiger partial charge on any atom is -0.445 e. The van der Waals surface area contributed by atoms with Gasteiger partial charge in [-0.15, -0.1) is 0 Å². The van der Waals surface area contributed by atoms with Crippen LogP contribution in [0, 0.1) is 6.92 Å². The maximum atomic E-state index is 11.5. The summed E-state index contributed by atoms with van der Waals surface area (Å²) < 4.78 is 5.28. The van der Waals surface area contributed by atoms with Gasteiger partial charge in [-0.2, -0.15) is 0 Å². The van der Waals surface area contributed by atoms with Crippen molar-refractivity contribution in [3.63, 3.8) is 0 Å². The molecule has 0 fully saturated rings. The number of hydrogen-bond acceptors (Lipinski definition) is 4. The van der Waals surface area contributed by atoms with Crippen LogP contribution in [0.3, 0.4) is 0 Å². The molecule has 0 aliphatic heterocycles. The molecule has 0 saturated heterocycles. The molecular formula is C12H21N3O2. The first kappa shape index (κ1) is 13.7. The molecule has 1 rings (SSSR count). The molecule has 5 nitrogen and oxygen atoms in total. The smallest absolute Gasteiger partial charge is 0.234 e. The van der Waals surface area contributed by atoms with Crippen LogP contribution in [-0.4, -0.2) is 23.5 Å². The first-order chi connectivity index (χ1) is 8.11. The van der Waals surface area contributed by atoms with Gasteiger partial charge in [-0.25, -0.2) is 4.98 Å². The Hall–Kier alpha value is -1.36. The second-order valence-electron chi connectivity index (χ2n) is 4.23. The molecule has 96 valence electrons. The summed E-state index contributed by atoms with van der Waals surface area (Å²) in [5, 5.41) is 5.91. The molecule has 1 aromatic rings. The van der Waals surface area contributed by atoms with Gasteiger partial charge < -0.3 is 9.73 Å². The number of aryl methyl sites for hydroxylation is 1. The summed E-state index contributed by atoms with van der Waals surface area (Å²) in [7, 11) is 0. The Bertz CT molecular complexity index is 349. The van der Waals surface area contributed by atoms with Crippen molar-refractivity contribution in [3.8, 4) is 0 Å². The van der Waals surface area contributed by atoms with E-state index in [4.69, 9.17) is 4.42 Å². The number of carbonyl (C=O) groups excluding carboxylic acids is 1. The highest BCUT2D eigenvalue weighted by Crippen LogP contribution is 2.00. The fourth-order valence-electron chi connectivity index (χ4n) is 1.60. The van der Waals surface area contributed by atoms with Gasteiger partial charge in [-0.1, -0.05) is 13.3 Å². The van der Waals surface area contributed by atoms with Crippen LogP contribution in [-0.2, 0) is 11.3 Å². The van der Waals surface area contributed by atoms with Gasteiger partial charge in [0.1, 0.15) is 5.76 Å². The number of amides is 1. The van der Waals surface area contributed by atoms with Crippen LogP contribution in [0.25, 0.3) is 0 Å². The summed E-state index contributed by atoms with van der Waals surface area (Å²) in [5.41, 5.74) is 0. The fourth-order valence-corrected chi connectivity index (χ4v) is 1.60. The van der Waals surface area contributed by atoms with Crippen LogP contribution in [0.2, 0.25) is 0 Å². The first-order valence-electron chi connectivity index (χ1n) is 6.03. The van der Waals surface area contributed by atoms with E-state index in [9.17, 15) is 4.79 Å². The first-order valence-corrected chi connectivity index (χ1v) is 6.03. The number of aromatic nitrogens is 1. The van der Waals surface area contributed by atoms with Gasteiger partial charge in [0.2, 0.25) is 11.8 Å². The molecule has 0 radical (unpaired) electrons. The van der Waals surface area contributed by atoms with Gasteiger partial charge in [0.15, 0.2) is 0 Å². The molecule has 2 N–H and O–H groups in total.